The lowest BCUT2D eigenvalue weighted by molar-refractivity contribution is 0.216. The lowest BCUT2D eigenvalue weighted by atomic mass is 10.2. The van der Waals surface area contributed by atoms with Crippen LogP contribution in [0.3, 0.4) is 0 Å². The monoisotopic (exact) mass is 343 g/mol. The van der Waals surface area contributed by atoms with E-state index in [2.05, 4.69) is 20.0 Å². The van der Waals surface area contributed by atoms with E-state index in [9.17, 15) is 0 Å². The van der Waals surface area contributed by atoms with Gasteiger partial charge in [0.1, 0.15) is 18.9 Å². The van der Waals surface area contributed by atoms with E-state index in [1.54, 1.807) is 18.9 Å². The SMILES string of the molecule is Clc1cccc(-c2nc(CN3CCC[C@@H]3Cn3cncn3)co2)c1. The highest BCUT2D eigenvalue weighted by atomic mass is 35.5. The second-order valence-corrected chi connectivity index (χ2v) is 6.47. The molecular weight excluding hydrogens is 326 g/mol. The summed E-state index contributed by atoms with van der Waals surface area (Å²) in [4.78, 5) is 11.1. The van der Waals surface area contributed by atoms with Crippen molar-refractivity contribution in [2.45, 2.75) is 32.0 Å². The lowest BCUT2D eigenvalue weighted by Crippen LogP contribution is -2.32. The van der Waals surface area contributed by atoms with Gasteiger partial charge in [-0.3, -0.25) is 9.58 Å². The molecule has 0 saturated carbocycles. The van der Waals surface area contributed by atoms with Gasteiger partial charge in [0.05, 0.1) is 12.2 Å². The van der Waals surface area contributed by atoms with Gasteiger partial charge in [0.2, 0.25) is 5.89 Å². The van der Waals surface area contributed by atoms with Gasteiger partial charge in [-0.15, -0.1) is 0 Å². The van der Waals surface area contributed by atoms with E-state index in [1.807, 2.05) is 28.9 Å². The van der Waals surface area contributed by atoms with E-state index in [-0.39, 0.29) is 0 Å². The molecular formula is C17H18ClN5O. The van der Waals surface area contributed by atoms with Crippen LogP contribution in [-0.4, -0.2) is 37.2 Å². The summed E-state index contributed by atoms with van der Waals surface area (Å²) < 4.78 is 7.53. The van der Waals surface area contributed by atoms with Gasteiger partial charge < -0.3 is 4.42 Å². The van der Waals surface area contributed by atoms with Crippen molar-refractivity contribution in [3.63, 3.8) is 0 Å². The van der Waals surface area contributed by atoms with E-state index < -0.39 is 0 Å². The Morgan fingerprint density at radius 1 is 1.33 bits per heavy atom. The van der Waals surface area contributed by atoms with Crippen molar-refractivity contribution in [2.24, 2.45) is 0 Å². The maximum atomic E-state index is 6.03. The number of benzene rings is 1. The molecule has 1 aromatic carbocycles. The summed E-state index contributed by atoms with van der Waals surface area (Å²) in [7, 11) is 0. The summed E-state index contributed by atoms with van der Waals surface area (Å²) in [5.74, 6) is 0.611. The Bertz CT molecular complexity index is 801. The normalized spacial score (nSPS) is 18.3. The smallest absolute Gasteiger partial charge is 0.226 e. The minimum Gasteiger partial charge on any atom is -0.444 e. The van der Waals surface area contributed by atoms with Crippen LogP contribution >= 0.6 is 11.6 Å². The first-order valence-electron chi connectivity index (χ1n) is 8.05. The van der Waals surface area contributed by atoms with Gasteiger partial charge in [-0.2, -0.15) is 5.10 Å². The summed E-state index contributed by atoms with van der Waals surface area (Å²) in [5.41, 5.74) is 1.84. The molecule has 7 heteroatoms. The van der Waals surface area contributed by atoms with Gasteiger partial charge in [0.15, 0.2) is 0 Å². The summed E-state index contributed by atoms with van der Waals surface area (Å²) in [5, 5.41) is 4.89. The van der Waals surface area contributed by atoms with Crippen LogP contribution in [0.2, 0.25) is 5.02 Å². The lowest BCUT2D eigenvalue weighted by Gasteiger charge is -2.23. The fourth-order valence-electron chi connectivity index (χ4n) is 3.19. The zero-order valence-electron chi connectivity index (χ0n) is 13.2. The number of halogens is 1. The summed E-state index contributed by atoms with van der Waals surface area (Å²) >= 11 is 6.03. The highest BCUT2D eigenvalue weighted by molar-refractivity contribution is 6.30. The third kappa shape index (κ3) is 3.34. The number of oxazole rings is 1. The van der Waals surface area contributed by atoms with E-state index in [4.69, 9.17) is 16.0 Å². The van der Waals surface area contributed by atoms with Crippen molar-refractivity contribution in [1.82, 2.24) is 24.6 Å². The quantitative estimate of drug-likeness (QED) is 0.711. The molecule has 3 heterocycles. The fraction of sp³-hybridized carbons (Fsp3) is 0.353. The average molecular weight is 344 g/mol. The first-order valence-corrected chi connectivity index (χ1v) is 8.42. The summed E-state index contributed by atoms with van der Waals surface area (Å²) in [6.45, 7) is 2.71. The van der Waals surface area contributed by atoms with Crippen LogP contribution < -0.4 is 0 Å². The molecule has 0 unspecified atom stereocenters. The molecule has 1 aliphatic rings. The van der Waals surface area contributed by atoms with E-state index in [1.165, 1.54) is 12.8 Å². The minimum atomic E-state index is 0.456. The van der Waals surface area contributed by atoms with Crippen molar-refractivity contribution >= 4 is 11.6 Å². The molecule has 0 radical (unpaired) electrons. The maximum Gasteiger partial charge on any atom is 0.226 e. The Hall–Kier alpha value is -2.18. The van der Waals surface area contributed by atoms with Gasteiger partial charge in [-0.25, -0.2) is 9.97 Å². The standard InChI is InChI=1S/C17H18ClN5O/c18-14-4-1-3-13(7-14)17-21-15(10-24-17)8-22-6-2-5-16(22)9-23-12-19-11-20-23/h1,3-4,7,10-12,16H,2,5-6,8-9H2/t16-/m1/s1. The van der Waals surface area contributed by atoms with Gasteiger partial charge in [-0.05, 0) is 37.6 Å². The van der Waals surface area contributed by atoms with Crippen molar-refractivity contribution in [2.75, 3.05) is 6.54 Å². The summed E-state index contributed by atoms with van der Waals surface area (Å²) in [6.07, 6.45) is 7.44. The second-order valence-electron chi connectivity index (χ2n) is 6.04. The van der Waals surface area contributed by atoms with Gasteiger partial charge in [-0.1, -0.05) is 17.7 Å². The molecule has 1 atom stereocenters. The Labute approximate surface area is 145 Å². The Morgan fingerprint density at radius 3 is 3.12 bits per heavy atom. The van der Waals surface area contributed by atoms with Gasteiger partial charge >= 0.3 is 0 Å². The number of rotatable bonds is 5. The highest BCUT2D eigenvalue weighted by Crippen LogP contribution is 2.25. The van der Waals surface area contributed by atoms with E-state index in [0.717, 1.165) is 30.9 Å². The molecule has 1 aliphatic heterocycles. The molecule has 3 aromatic rings. The first kappa shape index (κ1) is 15.4. The largest absolute Gasteiger partial charge is 0.444 e. The number of nitrogens with zero attached hydrogens (tertiary/aromatic N) is 5. The molecule has 124 valence electrons. The van der Waals surface area contributed by atoms with Crippen LogP contribution in [0.1, 0.15) is 18.5 Å². The van der Waals surface area contributed by atoms with Crippen LogP contribution in [-0.2, 0) is 13.1 Å². The maximum absolute atomic E-state index is 6.03. The molecule has 0 N–H and O–H groups in total. The van der Waals surface area contributed by atoms with Crippen LogP contribution in [0.4, 0.5) is 0 Å². The van der Waals surface area contributed by atoms with Gasteiger partial charge in [0.25, 0.3) is 0 Å². The number of hydrogen-bond donors (Lipinski definition) is 0. The molecule has 0 amide bonds. The van der Waals surface area contributed by atoms with Crippen molar-refractivity contribution in [3.8, 4) is 11.5 Å². The van der Waals surface area contributed by atoms with Crippen molar-refractivity contribution in [1.29, 1.82) is 0 Å². The average Bonchev–Trinajstić information content (AvgIpc) is 3.32. The van der Waals surface area contributed by atoms with E-state index >= 15 is 0 Å². The molecule has 0 aliphatic carbocycles. The summed E-state index contributed by atoms with van der Waals surface area (Å²) in [6, 6.07) is 8.01. The fourth-order valence-corrected chi connectivity index (χ4v) is 3.39. The van der Waals surface area contributed by atoms with Crippen LogP contribution in [0.15, 0.2) is 47.6 Å². The van der Waals surface area contributed by atoms with Crippen LogP contribution in [0.5, 0.6) is 0 Å². The number of hydrogen-bond acceptors (Lipinski definition) is 5. The van der Waals surface area contributed by atoms with Crippen LogP contribution in [0, 0.1) is 0 Å². The molecule has 1 fully saturated rings. The zero-order valence-corrected chi connectivity index (χ0v) is 13.9. The number of aromatic nitrogens is 4. The topological polar surface area (TPSA) is 60.0 Å². The van der Waals surface area contributed by atoms with E-state index in [0.29, 0.717) is 17.0 Å². The third-order valence-corrected chi connectivity index (χ3v) is 4.59. The highest BCUT2D eigenvalue weighted by Gasteiger charge is 2.26. The Balaban J connectivity index is 1.45. The predicted octanol–water partition coefficient (Wildman–Crippen LogP) is 3.25. The molecule has 4 rings (SSSR count). The second kappa shape index (κ2) is 6.75. The molecule has 2 aromatic heterocycles. The third-order valence-electron chi connectivity index (χ3n) is 4.35. The Morgan fingerprint density at radius 2 is 2.29 bits per heavy atom. The number of likely N-dealkylation sites (tertiary alicyclic amines) is 1. The van der Waals surface area contributed by atoms with Crippen LogP contribution in [0.25, 0.3) is 11.5 Å². The molecule has 24 heavy (non-hydrogen) atoms. The van der Waals surface area contributed by atoms with Crippen molar-refractivity contribution < 1.29 is 4.42 Å². The predicted molar refractivity (Wildman–Crippen MR) is 90.4 cm³/mol. The first-order chi connectivity index (χ1) is 11.8. The van der Waals surface area contributed by atoms with Crippen molar-refractivity contribution in [3.05, 3.63) is 53.9 Å². The zero-order chi connectivity index (χ0) is 16.4. The molecule has 0 spiro atoms. The Kier molecular flexibility index (Phi) is 4.32. The minimum absolute atomic E-state index is 0.456. The van der Waals surface area contributed by atoms with Gasteiger partial charge in [0, 0.05) is 23.2 Å². The molecule has 6 nitrogen and oxygen atoms in total. The molecule has 0 bridgehead atoms. The molecule has 1 saturated heterocycles.